The highest BCUT2D eigenvalue weighted by molar-refractivity contribution is 5.94. The molecule has 1 aliphatic heterocycles. The average Bonchev–Trinajstić information content (AvgIpc) is 3.14. The first-order valence-corrected chi connectivity index (χ1v) is 8.80. The summed E-state index contributed by atoms with van der Waals surface area (Å²) in [5, 5.41) is 3.05. The SMILES string of the molecule is C[C@@H](Cc1ccco1)NC(=O)[C@@H]1CCCN(C(=O)c2ccccc2)C1. The number of piperidine rings is 1. The van der Waals surface area contributed by atoms with Crippen LogP contribution in [0.15, 0.2) is 53.1 Å². The summed E-state index contributed by atoms with van der Waals surface area (Å²) in [6.07, 6.45) is 3.97. The Hall–Kier alpha value is -2.56. The number of nitrogens with one attached hydrogen (secondary N) is 1. The Balaban J connectivity index is 1.55. The molecule has 0 spiro atoms. The quantitative estimate of drug-likeness (QED) is 0.910. The van der Waals surface area contributed by atoms with Crippen molar-refractivity contribution < 1.29 is 14.0 Å². The van der Waals surface area contributed by atoms with E-state index in [2.05, 4.69) is 5.32 Å². The minimum absolute atomic E-state index is 0.00106. The lowest BCUT2D eigenvalue weighted by Crippen LogP contribution is -2.47. The van der Waals surface area contributed by atoms with E-state index in [-0.39, 0.29) is 23.8 Å². The third-order valence-corrected chi connectivity index (χ3v) is 4.58. The smallest absolute Gasteiger partial charge is 0.253 e. The van der Waals surface area contributed by atoms with Crippen LogP contribution in [0.25, 0.3) is 0 Å². The fourth-order valence-electron chi connectivity index (χ4n) is 3.28. The summed E-state index contributed by atoms with van der Waals surface area (Å²) in [5.41, 5.74) is 0.676. The van der Waals surface area contributed by atoms with E-state index in [0.29, 0.717) is 25.1 Å². The van der Waals surface area contributed by atoms with Gasteiger partial charge in [0.15, 0.2) is 0 Å². The molecule has 25 heavy (non-hydrogen) atoms. The fourth-order valence-corrected chi connectivity index (χ4v) is 3.28. The zero-order valence-corrected chi connectivity index (χ0v) is 14.5. The minimum Gasteiger partial charge on any atom is -0.469 e. The minimum atomic E-state index is -0.152. The number of nitrogens with zero attached hydrogens (tertiary/aromatic N) is 1. The Morgan fingerprint density at radius 1 is 1.24 bits per heavy atom. The predicted octanol–water partition coefficient (Wildman–Crippen LogP) is 2.88. The number of hydrogen-bond acceptors (Lipinski definition) is 3. The van der Waals surface area contributed by atoms with Gasteiger partial charge in [0, 0.05) is 31.1 Å². The molecular weight excluding hydrogens is 316 g/mol. The Bertz CT molecular complexity index is 697. The van der Waals surface area contributed by atoms with Gasteiger partial charge < -0.3 is 14.6 Å². The van der Waals surface area contributed by atoms with Gasteiger partial charge in [-0.05, 0) is 44.0 Å². The van der Waals surface area contributed by atoms with Crippen LogP contribution in [-0.2, 0) is 11.2 Å². The van der Waals surface area contributed by atoms with Gasteiger partial charge in [-0.3, -0.25) is 9.59 Å². The summed E-state index contributed by atoms with van der Waals surface area (Å²) in [7, 11) is 0. The monoisotopic (exact) mass is 340 g/mol. The van der Waals surface area contributed by atoms with Gasteiger partial charge in [-0.25, -0.2) is 0 Å². The highest BCUT2D eigenvalue weighted by atomic mass is 16.3. The lowest BCUT2D eigenvalue weighted by atomic mass is 9.96. The molecule has 5 nitrogen and oxygen atoms in total. The van der Waals surface area contributed by atoms with E-state index in [9.17, 15) is 9.59 Å². The van der Waals surface area contributed by atoms with Gasteiger partial charge >= 0.3 is 0 Å². The lowest BCUT2D eigenvalue weighted by molar-refractivity contribution is -0.126. The van der Waals surface area contributed by atoms with Gasteiger partial charge in [0.1, 0.15) is 5.76 Å². The van der Waals surface area contributed by atoms with Crippen molar-refractivity contribution in [2.75, 3.05) is 13.1 Å². The van der Waals surface area contributed by atoms with Crippen molar-refractivity contribution in [2.24, 2.45) is 5.92 Å². The summed E-state index contributed by atoms with van der Waals surface area (Å²) in [5.74, 6) is 0.726. The van der Waals surface area contributed by atoms with Gasteiger partial charge in [-0.15, -0.1) is 0 Å². The summed E-state index contributed by atoms with van der Waals surface area (Å²) >= 11 is 0. The van der Waals surface area contributed by atoms with Crippen LogP contribution in [0.5, 0.6) is 0 Å². The third kappa shape index (κ3) is 4.50. The van der Waals surface area contributed by atoms with Crippen LogP contribution >= 0.6 is 0 Å². The first kappa shape index (κ1) is 17.3. The Labute approximate surface area is 148 Å². The van der Waals surface area contributed by atoms with E-state index in [1.165, 1.54) is 0 Å². The number of benzene rings is 1. The van der Waals surface area contributed by atoms with Gasteiger partial charge in [-0.2, -0.15) is 0 Å². The van der Waals surface area contributed by atoms with Crippen LogP contribution in [0, 0.1) is 5.92 Å². The standard InChI is InChI=1S/C20H24N2O3/c1-15(13-18-10-6-12-25-18)21-19(23)17-9-5-11-22(14-17)20(24)16-7-3-2-4-8-16/h2-4,6-8,10,12,15,17H,5,9,11,13-14H2,1H3,(H,21,23)/t15-,17+/m0/s1. The molecule has 3 rings (SSSR count). The van der Waals surface area contributed by atoms with Crippen molar-refractivity contribution in [3.8, 4) is 0 Å². The molecule has 5 heteroatoms. The summed E-state index contributed by atoms with van der Waals surface area (Å²) < 4.78 is 5.32. The average molecular weight is 340 g/mol. The first-order chi connectivity index (χ1) is 12.1. The van der Waals surface area contributed by atoms with E-state index < -0.39 is 0 Å². The highest BCUT2D eigenvalue weighted by Crippen LogP contribution is 2.19. The molecule has 2 aromatic rings. The van der Waals surface area contributed by atoms with Crippen molar-refractivity contribution in [2.45, 2.75) is 32.2 Å². The zero-order valence-electron chi connectivity index (χ0n) is 14.5. The Morgan fingerprint density at radius 3 is 2.76 bits per heavy atom. The van der Waals surface area contributed by atoms with Crippen molar-refractivity contribution in [3.63, 3.8) is 0 Å². The second-order valence-electron chi connectivity index (χ2n) is 6.65. The molecule has 0 radical (unpaired) electrons. The molecule has 1 fully saturated rings. The van der Waals surface area contributed by atoms with Crippen LogP contribution in [-0.4, -0.2) is 35.8 Å². The first-order valence-electron chi connectivity index (χ1n) is 8.80. The Kier molecular flexibility index (Phi) is 5.53. The molecule has 1 aliphatic rings. The van der Waals surface area contributed by atoms with Crippen molar-refractivity contribution in [3.05, 3.63) is 60.1 Å². The summed E-state index contributed by atoms with van der Waals surface area (Å²) in [6.45, 7) is 3.16. The molecular formula is C20H24N2O3. The number of amides is 2. The molecule has 1 N–H and O–H groups in total. The summed E-state index contributed by atoms with van der Waals surface area (Å²) in [6, 6.07) is 13.0. The second-order valence-corrected chi connectivity index (χ2v) is 6.65. The maximum atomic E-state index is 12.6. The number of carbonyl (C=O) groups is 2. The van der Waals surface area contributed by atoms with Crippen molar-refractivity contribution in [1.29, 1.82) is 0 Å². The number of likely N-dealkylation sites (tertiary alicyclic amines) is 1. The van der Waals surface area contributed by atoms with Crippen LogP contribution in [0.4, 0.5) is 0 Å². The van der Waals surface area contributed by atoms with Crippen LogP contribution in [0.1, 0.15) is 35.9 Å². The number of hydrogen-bond donors (Lipinski definition) is 1. The van der Waals surface area contributed by atoms with Gasteiger partial charge in [-0.1, -0.05) is 18.2 Å². The van der Waals surface area contributed by atoms with Crippen LogP contribution in [0.2, 0.25) is 0 Å². The largest absolute Gasteiger partial charge is 0.469 e. The van der Waals surface area contributed by atoms with E-state index in [1.807, 2.05) is 49.4 Å². The molecule has 2 heterocycles. The lowest BCUT2D eigenvalue weighted by Gasteiger charge is -2.32. The Morgan fingerprint density at radius 2 is 2.04 bits per heavy atom. The zero-order chi connectivity index (χ0) is 17.6. The molecule has 1 saturated heterocycles. The number of rotatable bonds is 5. The van der Waals surface area contributed by atoms with E-state index in [4.69, 9.17) is 4.42 Å². The highest BCUT2D eigenvalue weighted by Gasteiger charge is 2.29. The number of furan rings is 1. The van der Waals surface area contributed by atoms with Crippen molar-refractivity contribution in [1.82, 2.24) is 10.2 Å². The van der Waals surface area contributed by atoms with E-state index in [0.717, 1.165) is 18.6 Å². The van der Waals surface area contributed by atoms with Crippen molar-refractivity contribution >= 4 is 11.8 Å². The molecule has 1 aromatic carbocycles. The van der Waals surface area contributed by atoms with Crippen LogP contribution < -0.4 is 5.32 Å². The van der Waals surface area contributed by atoms with E-state index >= 15 is 0 Å². The van der Waals surface area contributed by atoms with Gasteiger partial charge in [0.05, 0.1) is 12.2 Å². The molecule has 0 bridgehead atoms. The maximum absolute atomic E-state index is 12.6. The normalized spacial score (nSPS) is 18.6. The molecule has 0 saturated carbocycles. The molecule has 0 unspecified atom stereocenters. The second kappa shape index (κ2) is 8.01. The third-order valence-electron chi connectivity index (χ3n) is 4.58. The topological polar surface area (TPSA) is 62.6 Å². The molecule has 0 aliphatic carbocycles. The van der Waals surface area contributed by atoms with Gasteiger partial charge in [0.2, 0.25) is 5.91 Å². The molecule has 2 amide bonds. The molecule has 1 aromatic heterocycles. The van der Waals surface area contributed by atoms with E-state index in [1.54, 1.807) is 11.2 Å². The van der Waals surface area contributed by atoms with Crippen LogP contribution in [0.3, 0.4) is 0 Å². The molecule has 132 valence electrons. The van der Waals surface area contributed by atoms with Gasteiger partial charge in [0.25, 0.3) is 5.91 Å². The number of carbonyl (C=O) groups excluding carboxylic acids is 2. The maximum Gasteiger partial charge on any atom is 0.253 e. The fraction of sp³-hybridized carbons (Fsp3) is 0.400. The molecule has 2 atom stereocenters. The predicted molar refractivity (Wildman–Crippen MR) is 95.1 cm³/mol. The summed E-state index contributed by atoms with van der Waals surface area (Å²) in [4.78, 5) is 26.9.